The van der Waals surface area contributed by atoms with Crippen molar-refractivity contribution in [2.45, 2.75) is 4.90 Å². The summed E-state index contributed by atoms with van der Waals surface area (Å²) in [6.07, 6.45) is 0. The van der Waals surface area contributed by atoms with Crippen LogP contribution in [0, 0.1) is 11.3 Å². The van der Waals surface area contributed by atoms with Gasteiger partial charge in [-0.05, 0) is 42.5 Å². The Balaban J connectivity index is 2.28. The number of methoxy groups -OCH3 is 1. The van der Waals surface area contributed by atoms with Crippen molar-refractivity contribution < 1.29 is 13.2 Å². The Morgan fingerprint density at radius 1 is 1.19 bits per heavy atom. The molecule has 2 rings (SSSR count). The van der Waals surface area contributed by atoms with Gasteiger partial charge in [0.2, 0.25) is 0 Å². The first-order chi connectivity index (χ1) is 9.96. The number of nitrogens with one attached hydrogen (secondary N) is 1. The van der Waals surface area contributed by atoms with Crippen LogP contribution in [-0.2, 0) is 10.0 Å². The van der Waals surface area contributed by atoms with E-state index >= 15 is 0 Å². The maximum absolute atomic E-state index is 12.2. The van der Waals surface area contributed by atoms with Gasteiger partial charge in [-0.2, -0.15) is 5.26 Å². The monoisotopic (exact) mass is 303 g/mol. The van der Waals surface area contributed by atoms with E-state index in [9.17, 15) is 8.42 Å². The topological polar surface area (TPSA) is 105 Å². The number of hydrogen-bond donors (Lipinski definition) is 2. The minimum absolute atomic E-state index is 0.0656. The van der Waals surface area contributed by atoms with Crippen molar-refractivity contribution in [3.63, 3.8) is 0 Å². The molecule has 0 aliphatic rings. The number of ether oxygens (including phenoxy) is 1. The van der Waals surface area contributed by atoms with Gasteiger partial charge in [0.15, 0.2) is 0 Å². The van der Waals surface area contributed by atoms with Gasteiger partial charge < -0.3 is 10.5 Å². The summed E-state index contributed by atoms with van der Waals surface area (Å²) in [6, 6.07) is 12.1. The third-order valence-corrected chi connectivity index (χ3v) is 4.17. The quantitative estimate of drug-likeness (QED) is 0.840. The fourth-order valence-electron chi connectivity index (χ4n) is 1.72. The van der Waals surface area contributed by atoms with Crippen LogP contribution >= 0.6 is 0 Å². The molecule has 0 heterocycles. The molecule has 0 unspecified atom stereocenters. The van der Waals surface area contributed by atoms with Crippen molar-refractivity contribution >= 4 is 21.4 Å². The number of hydrogen-bond acceptors (Lipinski definition) is 5. The van der Waals surface area contributed by atoms with Crippen molar-refractivity contribution in [3.8, 4) is 11.8 Å². The Labute approximate surface area is 122 Å². The molecule has 2 aromatic rings. The highest BCUT2D eigenvalue weighted by Crippen LogP contribution is 2.26. The van der Waals surface area contributed by atoms with Gasteiger partial charge in [0.05, 0.1) is 35.0 Å². The van der Waals surface area contributed by atoms with Gasteiger partial charge in [0.1, 0.15) is 5.75 Å². The molecule has 3 N–H and O–H groups in total. The Morgan fingerprint density at radius 3 is 2.38 bits per heavy atom. The second-order valence-electron chi connectivity index (χ2n) is 4.20. The zero-order chi connectivity index (χ0) is 15.5. The Hall–Kier alpha value is -2.72. The molecule has 0 aliphatic carbocycles. The molecule has 7 heteroatoms. The predicted octanol–water partition coefficient (Wildman–Crippen LogP) is 1.95. The van der Waals surface area contributed by atoms with E-state index in [1.165, 1.54) is 37.4 Å². The van der Waals surface area contributed by atoms with Crippen molar-refractivity contribution in [1.82, 2.24) is 0 Å². The average Bonchev–Trinajstić information content (AvgIpc) is 2.47. The summed E-state index contributed by atoms with van der Waals surface area (Å²) in [5.41, 5.74) is 6.78. The molecule has 0 radical (unpaired) electrons. The molecule has 2 aromatic carbocycles. The van der Waals surface area contributed by atoms with E-state index in [0.29, 0.717) is 22.7 Å². The molecule has 108 valence electrons. The summed E-state index contributed by atoms with van der Waals surface area (Å²) >= 11 is 0. The maximum Gasteiger partial charge on any atom is 0.261 e. The summed E-state index contributed by atoms with van der Waals surface area (Å²) in [6.45, 7) is 0. The van der Waals surface area contributed by atoms with Crippen LogP contribution in [0.4, 0.5) is 11.4 Å². The van der Waals surface area contributed by atoms with Gasteiger partial charge in [-0.3, -0.25) is 4.72 Å². The fraction of sp³-hybridized carbons (Fsp3) is 0.0714. The second kappa shape index (κ2) is 5.73. The van der Waals surface area contributed by atoms with E-state index in [4.69, 9.17) is 15.7 Å². The van der Waals surface area contributed by atoms with Crippen LogP contribution < -0.4 is 15.2 Å². The van der Waals surface area contributed by atoms with Crippen molar-refractivity contribution in [3.05, 3.63) is 48.0 Å². The van der Waals surface area contributed by atoms with Crippen LogP contribution in [0.3, 0.4) is 0 Å². The lowest BCUT2D eigenvalue weighted by molar-refractivity contribution is 0.417. The van der Waals surface area contributed by atoms with Crippen LogP contribution in [0.15, 0.2) is 47.4 Å². The molecule has 0 aliphatic heterocycles. The Bertz CT molecular complexity index is 793. The van der Waals surface area contributed by atoms with E-state index < -0.39 is 10.0 Å². The number of rotatable bonds is 4. The van der Waals surface area contributed by atoms with Crippen molar-refractivity contribution in [1.29, 1.82) is 5.26 Å². The highest BCUT2D eigenvalue weighted by molar-refractivity contribution is 7.92. The largest absolute Gasteiger partial charge is 0.495 e. The number of sulfonamides is 1. The minimum Gasteiger partial charge on any atom is -0.495 e. The van der Waals surface area contributed by atoms with Crippen molar-refractivity contribution in [2.75, 3.05) is 17.6 Å². The molecular weight excluding hydrogens is 290 g/mol. The maximum atomic E-state index is 12.2. The third kappa shape index (κ3) is 3.24. The average molecular weight is 303 g/mol. The Morgan fingerprint density at radius 2 is 1.86 bits per heavy atom. The van der Waals surface area contributed by atoms with E-state index in [1.807, 2.05) is 6.07 Å². The van der Waals surface area contributed by atoms with Gasteiger partial charge >= 0.3 is 0 Å². The molecular formula is C14H13N3O3S. The lowest BCUT2D eigenvalue weighted by Crippen LogP contribution is -2.13. The van der Waals surface area contributed by atoms with Crippen LogP contribution in [0.1, 0.15) is 5.56 Å². The molecule has 0 aromatic heterocycles. The summed E-state index contributed by atoms with van der Waals surface area (Å²) in [5, 5.41) is 8.71. The molecule has 0 spiro atoms. The highest BCUT2D eigenvalue weighted by Gasteiger charge is 2.14. The number of anilines is 2. The molecule has 21 heavy (non-hydrogen) atoms. The number of nitrogens with two attached hydrogens (primary N) is 1. The van der Waals surface area contributed by atoms with E-state index in [0.717, 1.165) is 0 Å². The van der Waals surface area contributed by atoms with E-state index in [-0.39, 0.29) is 4.90 Å². The number of nitriles is 1. The first kappa shape index (κ1) is 14.7. The number of nitrogen functional groups attached to an aromatic ring is 1. The molecule has 0 fully saturated rings. The smallest absolute Gasteiger partial charge is 0.261 e. The minimum atomic E-state index is -3.73. The third-order valence-electron chi connectivity index (χ3n) is 2.78. The summed E-state index contributed by atoms with van der Waals surface area (Å²) in [5.74, 6) is 0.469. The second-order valence-corrected chi connectivity index (χ2v) is 5.88. The fourth-order valence-corrected chi connectivity index (χ4v) is 2.77. The number of nitrogens with zero attached hydrogens (tertiary/aromatic N) is 1. The zero-order valence-electron chi connectivity index (χ0n) is 11.2. The van der Waals surface area contributed by atoms with E-state index in [1.54, 1.807) is 12.1 Å². The van der Waals surface area contributed by atoms with Crippen LogP contribution in [-0.4, -0.2) is 15.5 Å². The van der Waals surface area contributed by atoms with Gasteiger partial charge in [0.25, 0.3) is 10.0 Å². The SMILES string of the molecule is COc1ccc(NS(=O)(=O)c2ccc(C#N)cc2)cc1N. The zero-order valence-corrected chi connectivity index (χ0v) is 12.0. The molecule has 0 saturated heterocycles. The van der Waals surface area contributed by atoms with Gasteiger partial charge in [-0.25, -0.2) is 8.42 Å². The molecule has 0 bridgehead atoms. The lowest BCUT2D eigenvalue weighted by Gasteiger charge is -2.10. The van der Waals surface area contributed by atoms with Crippen LogP contribution in [0.5, 0.6) is 5.75 Å². The summed E-state index contributed by atoms with van der Waals surface area (Å²) in [4.78, 5) is 0.0656. The summed E-state index contributed by atoms with van der Waals surface area (Å²) < 4.78 is 31.8. The lowest BCUT2D eigenvalue weighted by atomic mass is 10.2. The van der Waals surface area contributed by atoms with Gasteiger partial charge in [-0.15, -0.1) is 0 Å². The summed E-state index contributed by atoms with van der Waals surface area (Å²) in [7, 11) is -2.25. The molecule has 0 atom stereocenters. The first-order valence-corrected chi connectivity index (χ1v) is 7.41. The van der Waals surface area contributed by atoms with Gasteiger partial charge in [0, 0.05) is 0 Å². The molecule has 0 saturated carbocycles. The predicted molar refractivity (Wildman–Crippen MR) is 79.4 cm³/mol. The van der Waals surface area contributed by atoms with E-state index in [2.05, 4.69) is 4.72 Å². The van der Waals surface area contributed by atoms with Crippen molar-refractivity contribution in [2.24, 2.45) is 0 Å². The van der Waals surface area contributed by atoms with Gasteiger partial charge in [-0.1, -0.05) is 0 Å². The standard InChI is InChI=1S/C14H13N3O3S/c1-20-14-7-4-11(8-13(14)16)17-21(18,19)12-5-2-10(9-15)3-6-12/h2-8,17H,16H2,1H3. The highest BCUT2D eigenvalue weighted by atomic mass is 32.2. The first-order valence-electron chi connectivity index (χ1n) is 5.93. The normalized spacial score (nSPS) is 10.7. The Kier molecular flexibility index (Phi) is 4.00. The van der Waals surface area contributed by atoms with Crippen LogP contribution in [0.2, 0.25) is 0 Å². The molecule has 0 amide bonds. The van der Waals surface area contributed by atoms with Crippen LogP contribution in [0.25, 0.3) is 0 Å². The molecule has 6 nitrogen and oxygen atoms in total. The number of benzene rings is 2.